The minimum Gasteiger partial charge on any atom is -0.481 e. The van der Waals surface area contributed by atoms with Crippen molar-refractivity contribution in [2.45, 2.75) is 23.0 Å². The van der Waals surface area contributed by atoms with Crippen molar-refractivity contribution in [3.63, 3.8) is 0 Å². The maximum absolute atomic E-state index is 11.8. The van der Waals surface area contributed by atoms with Crippen LogP contribution in [0.15, 0.2) is 16.4 Å². The van der Waals surface area contributed by atoms with Gasteiger partial charge in [0.1, 0.15) is 29.4 Å². The third-order valence-electron chi connectivity index (χ3n) is 3.51. The van der Waals surface area contributed by atoms with Gasteiger partial charge in [-0.2, -0.15) is 0 Å². The molecule has 5 N–H and O–H groups in total. The van der Waals surface area contributed by atoms with Gasteiger partial charge in [0.2, 0.25) is 5.91 Å². The number of carbonyl (C=O) groups is 3. The van der Waals surface area contributed by atoms with Crippen LogP contribution in [0.5, 0.6) is 0 Å². The highest BCUT2D eigenvalue weighted by Crippen LogP contribution is 2.40. The largest absolute Gasteiger partial charge is 0.481 e. The first-order valence-corrected chi connectivity index (χ1v) is 8.83. The Morgan fingerprint density at radius 1 is 1.42 bits per heavy atom. The Hall–Kier alpha value is -2.05. The Balaban J connectivity index is 1.73. The van der Waals surface area contributed by atoms with Crippen LogP contribution in [0.1, 0.15) is 5.82 Å². The number of β-lactam (4-membered cyclic amide) rings is 1. The number of carboxylic acids is 2. The van der Waals surface area contributed by atoms with E-state index in [2.05, 4.69) is 15.2 Å². The SMILES string of the molecule is NC1C(=O)N2C(C(=O)O)=C(CSc3nnc(CC(=O)O)[nH]3)CS[C@@H]12. The summed E-state index contributed by atoms with van der Waals surface area (Å²) in [7, 11) is 0. The molecule has 1 aromatic rings. The number of amides is 1. The Morgan fingerprint density at radius 2 is 2.17 bits per heavy atom. The predicted octanol–water partition coefficient (Wildman–Crippen LogP) is -0.895. The van der Waals surface area contributed by atoms with Gasteiger partial charge < -0.3 is 20.9 Å². The summed E-state index contributed by atoms with van der Waals surface area (Å²) in [6.07, 6.45) is -0.270. The number of nitrogens with two attached hydrogens (primary N) is 1. The van der Waals surface area contributed by atoms with E-state index in [1.165, 1.54) is 28.4 Å². The number of aromatic nitrogens is 3. The summed E-state index contributed by atoms with van der Waals surface area (Å²) >= 11 is 2.62. The van der Waals surface area contributed by atoms with Crippen molar-refractivity contribution in [1.29, 1.82) is 0 Å². The molecule has 0 spiro atoms. The number of carboxylic acid groups (broad SMARTS) is 2. The molecule has 0 aliphatic carbocycles. The zero-order valence-corrected chi connectivity index (χ0v) is 13.8. The quantitative estimate of drug-likeness (QED) is 0.364. The second-order valence-electron chi connectivity index (χ2n) is 5.13. The molecule has 3 heterocycles. The molecular formula is C12H13N5O5S2. The number of fused-ring (bicyclic) bond motifs is 1. The molecule has 2 aliphatic rings. The van der Waals surface area contributed by atoms with E-state index in [1.54, 1.807) is 0 Å². The van der Waals surface area contributed by atoms with E-state index in [4.69, 9.17) is 10.8 Å². The lowest BCUT2D eigenvalue weighted by atomic mass is 10.0. The van der Waals surface area contributed by atoms with Crippen molar-refractivity contribution in [2.24, 2.45) is 5.73 Å². The van der Waals surface area contributed by atoms with Crippen LogP contribution in [0.3, 0.4) is 0 Å². The van der Waals surface area contributed by atoms with Crippen LogP contribution >= 0.6 is 23.5 Å². The summed E-state index contributed by atoms with van der Waals surface area (Å²) in [5.41, 5.74) is 6.25. The van der Waals surface area contributed by atoms with Crippen molar-refractivity contribution in [3.8, 4) is 0 Å². The molecule has 10 nitrogen and oxygen atoms in total. The second kappa shape index (κ2) is 6.45. The van der Waals surface area contributed by atoms with Gasteiger partial charge in [-0.05, 0) is 5.57 Å². The van der Waals surface area contributed by atoms with Crippen LogP contribution in [-0.4, -0.2) is 71.1 Å². The summed E-state index contributed by atoms with van der Waals surface area (Å²) < 4.78 is 0. The fourth-order valence-electron chi connectivity index (χ4n) is 2.41. The number of carbonyl (C=O) groups excluding carboxylic acids is 1. The van der Waals surface area contributed by atoms with Crippen molar-refractivity contribution in [2.75, 3.05) is 11.5 Å². The fourth-order valence-corrected chi connectivity index (χ4v) is 4.67. The second-order valence-corrected chi connectivity index (χ2v) is 7.20. The van der Waals surface area contributed by atoms with Crippen molar-refractivity contribution < 1.29 is 24.6 Å². The van der Waals surface area contributed by atoms with E-state index in [0.717, 1.165) is 0 Å². The molecule has 128 valence electrons. The maximum atomic E-state index is 11.8. The fraction of sp³-hybridized carbons (Fsp3) is 0.417. The summed E-state index contributed by atoms with van der Waals surface area (Å²) in [5, 5.41) is 25.7. The van der Waals surface area contributed by atoms with E-state index < -0.39 is 23.9 Å². The standard InChI is InChI=1S/C12H13N5O5S2/c13-7-9(20)17-8(11(21)22)4(2-23-10(7)17)3-24-12-14-5(15-16-12)1-6(18)19/h7,10H,1-3,13H2,(H,18,19)(H,21,22)(H,14,15,16)/t7?,10-/m0/s1. The van der Waals surface area contributed by atoms with Gasteiger partial charge in [-0.15, -0.1) is 22.0 Å². The van der Waals surface area contributed by atoms with Gasteiger partial charge in [0, 0.05) is 11.5 Å². The average molecular weight is 371 g/mol. The Morgan fingerprint density at radius 3 is 2.83 bits per heavy atom. The smallest absolute Gasteiger partial charge is 0.352 e. The number of aliphatic carboxylic acids is 2. The molecule has 3 rings (SSSR count). The molecule has 1 amide bonds. The number of nitrogens with one attached hydrogen (secondary N) is 1. The molecule has 0 bridgehead atoms. The monoisotopic (exact) mass is 371 g/mol. The van der Waals surface area contributed by atoms with E-state index in [1.807, 2.05) is 0 Å². The lowest BCUT2D eigenvalue weighted by Gasteiger charge is -2.48. The third-order valence-corrected chi connectivity index (χ3v) is 5.82. The molecule has 24 heavy (non-hydrogen) atoms. The van der Waals surface area contributed by atoms with Crippen LogP contribution in [0, 0.1) is 0 Å². The van der Waals surface area contributed by atoms with Crippen molar-refractivity contribution in [1.82, 2.24) is 20.1 Å². The van der Waals surface area contributed by atoms with E-state index in [0.29, 0.717) is 22.2 Å². The van der Waals surface area contributed by atoms with Crippen LogP contribution in [0.2, 0.25) is 0 Å². The zero-order chi connectivity index (χ0) is 17.4. The first kappa shape index (κ1) is 16.8. The number of thioether (sulfide) groups is 2. The number of H-pyrrole nitrogens is 1. The Labute approximate surface area is 143 Å². The molecule has 1 aromatic heterocycles. The summed E-state index contributed by atoms with van der Waals surface area (Å²) in [4.78, 5) is 38.0. The zero-order valence-electron chi connectivity index (χ0n) is 12.1. The lowest BCUT2D eigenvalue weighted by Crippen LogP contribution is -2.68. The summed E-state index contributed by atoms with van der Waals surface area (Å²) in [6.45, 7) is 0. The lowest BCUT2D eigenvalue weighted by molar-refractivity contribution is -0.147. The molecular weight excluding hydrogens is 358 g/mol. The van der Waals surface area contributed by atoms with Gasteiger partial charge in [-0.25, -0.2) is 4.79 Å². The molecule has 0 saturated carbocycles. The predicted molar refractivity (Wildman–Crippen MR) is 84.2 cm³/mol. The van der Waals surface area contributed by atoms with Crippen LogP contribution in [-0.2, 0) is 20.8 Å². The van der Waals surface area contributed by atoms with Crippen molar-refractivity contribution in [3.05, 3.63) is 17.1 Å². The third kappa shape index (κ3) is 2.99. The summed E-state index contributed by atoms with van der Waals surface area (Å²) in [6, 6.07) is -0.661. The molecule has 1 fully saturated rings. The highest BCUT2D eigenvalue weighted by molar-refractivity contribution is 8.01. The molecule has 1 saturated heterocycles. The Bertz CT molecular complexity index is 748. The topological polar surface area (TPSA) is 162 Å². The van der Waals surface area contributed by atoms with E-state index in [9.17, 15) is 19.5 Å². The van der Waals surface area contributed by atoms with Crippen molar-refractivity contribution >= 4 is 41.4 Å². The van der Waals surface area contributed by atoms with Gasteiger partial charge in [-0.3, -0.25) is 14.5 Å². The number of aromatic amines is 1. The van der Waals surface area contributed by atoms with E-state index >= 15 is 0 Å². The number of nitrogens with zero attached hydrogens (tertiary/aromatic N) is 3. The first-order valence-electron chi connectivity index (χ1n) is 6.80. The van der Waals surface area contributed by atoms with Crippen LogP contribution in [0.4, 0.5) is 0 Å². The summed E-state index contributed by atoms with van der Waals surface area (Å²) in [5.74, 6) is -1.62. The van der Waals surface area contributed by atoms with Gasteiger partial charge >= 0.3 is 11.9 Å². The van der Waals surface area contributed by atoms with Crippen LogP contribution < -0.4 is 5.73 Å². The highest BCUT2D eigenvalue weighted by Gasteiger charge is 2.51. The normalized spacial score (nSPS) is 23.0. The first-order chi connectivity index (χ1) is 11.4. The van der Waals surface area contributed by atoms with Gasteiger partial charge in [0.25, 0.3) is 0 Å². The highest BCUT2D eigenvalue weighted by atomic mass is 32.2. The van der Waals surface area contributed by atoms with Crippen LogP contribution in [0.25, 0.3) is 0 Å². The number of hydrogen-bond acceptors (Lipinski definition) is 8. The number of rotatable bonds is 6. The minimum absolute atomic E-state index is 0.0248. The molecule has 0 radical (unpaired) electrons. The molecule has 2 atom stereocenters. The number of hydrogen-bond donors (Lipinski definition) is 4. The van der Waals surface area contributed by atoms with E-state index in [-0.39, 0.29) is 23.3 Å². The maximum Gasteiger partial charge on any atom is 0.352 e. The molecule has 12 heteroatoms. The van der Waals surface area contributed by atoms with Gasteiger partial charge in [-0.1, -0.05) is 11.8 Å². The van der Waals surface area contributed by atoms with Gasteiger partial charge in [0.15, 0.2) is 5.16 Å². The average Bonchev–Trinajstić information content (AvgIpc) is 2.97. The Kier molecular flexibility index (Phi) is 4.51. The molecule has 0 aromatic carbocycles. The minimum atomic E-state index is -1.17. The molecule has 1 unspecified atom stereocenters. The van der Waals surface area contributed by atoms with Gasteiger partial charge in [0.05, 0.1) is 0 Å². The molecule has 2 aliphatic heterocycles.